The van der Waals surface area contributed by atoms with E-state index >= 15 is 0 Å². The summed E-state index contributed by atoms with van der Waals surface area (Å²) in [6.07, 6.45) is 0. The van der Waals surface area contributed by atoms with Crippen molar-refractivity contribution in [3.63, 3.8) is 0 Å². The van der Waals surface area contributed by atoms with Crippen molar-refractivity contribution in [3.8, 4) is 5.75 Å². The van der Waals surface area contributed by atoms with Crippen molar-refractivity contribution in [1.29, 1.82) is 0 Å². The number of rotatable bonds is 4. The molecule has 2 rings (SSSR count). The molecule has 0 radical (unpaired) electrons. The van der Waals surface area contributed by atoms with Gasteiger partial charge >= 0.3 is 0 Å². The van der Waals surface area contributed by atoms with Crippen LogP contribution in [0.25, 0.3) is 0 Å². The van der Waals surface area contributed by atoms with Gasteiger partial charge in [-0.2, -0.15) is 0 Å². The van der Waals surface area contributed by atoms with Gasteiger partial charge in [0.15, 0.2) is 0 Å². The van der Waals surface area contributed by atoms with Crippen molar-refractivity contribution < 1.29 is 9.13 Å². The first kappa shape index (κ1) is 14.0. The maximum absolute atomic E-state index is 13.0. The molecule has 4 heteroatoms. The molecule has 2 aromatic rings. The Hall–Kier alpha value is -1.39. The van der Waals surface area contributed by atoms with Gasteiger partial charge in [0.1, 0.15) is 18.2 Å². The lowest BCUT2D eigenvalue weighted by Crippen LogP contribution is -2.05. The Morgan fingerprint density at radius 1 is 1.26 bits per heavy atom. The molecule has 0 spiro atoms. The quantitative estimate of drug-likeness (QED) is 0.915. The Labute approximate surface area is 120 Å². The lowest BCUT2D eigenvalue weighted by atomic mass is 10.1. The highest BCUT2D eigenvalue weighted by molar-refractivity contribution is 9.10. The summed E-state index contributed by atoms with van der Waals surface area (Å²) < 4.78 is 19.4. The van der Waals surface area contributed by atoms with Crippen LogP contribution in [0.5, 0.6) is 5.75 Å². The Bertz CT molecular complexity index is 572. The number of hydrogen-bond donors (Lipinski definition) is 1. The molecule has 100 valence electrons. The fourth-order valence-corrected chi connectivity index (χ4v) is 2.15. The van der Waals surface area contributed by atoms with Gasteiger partial charge in [0.05, 0.1) is 0 Å². The van der Waals surface area contributed by atoms with Crippen LogP contribution in [0.3, 0.4) is 0 Å². The van der Waals surface area contributed by atoms with Crippen LogP contribution in [0, 0.1) is 5.82 Å². The van der Waals surface area contributed by atoms with Crippen molar-refractivity contribution >= 4 is 15.9 Å². The van der Waals surface area contributed by atoms with E-state index in [1.54, 1.807) is 6.07 Å². The zero-order chi connectivity index (χ0) is 13.8. The fourth-order valence-electron chi connectivity index (χ4n) is 1.69. The average Bonchev–Trinajstić information content (AvgIpc) is 2.38. The Balaban J connectivity index is 2.08. The second-order valence-electron chi connectivity index (χ2n) is 4.39. The summed E-state index contributed by atoms with van der Waals surface area (Å²) in [7, 11) is 0. The van der Waals surface area contributed by atoms with Crippen LogP contribution in [0.4, 0.5) is 4.39 Å². The molecular formula is C15H15BrFNO. The predicted octanol–water partition coefficient (Wildman–Crippen LogP) is 4.19. The van der Waals surface area contributed by atoms with E-state index in [-0.39, 0.29) is 11.9 Å². The zero-order valence-electron chi connectivity index (χ0n) is 10.6. The first-order chi connectivity index (χ1) is 9.06. The molecule has 0 aliphatic carbocycles. The van der Waals surface area contributed by atoms with Gasteiger partial charge in [-0.25, -0.2) is 4.39 Å². The molecule has 2 N–H and O–H groups in total. The third kappa shape index (κ3) is 3.78. The molecule has 0 heterocycles. The van der Waals surface area contributed by atoms with Crippen LogP contribution in [0.1, 0.15) is 24.1 Å². The van der Waals surface area contributed by atoms with E-state index in [4.69, 9.17) is 10.5 Å². The van der Waals surface area contributed by atoms with Gasteiger partial charge in [-0.05, 0) is 36.8 Å². The number of benzene rings is 2. The molecule has 0 amide bonds. The highest BCUT2D eigenvalue weighted by Crippen LogP contribution is 2.22. The van der Waals surface area contributed by atoms with Crippen molar-refractivity contribution in [2.45, 2.75) is 19.6 Å². The smallest absolute Gasteiger partial charge is 0.124 e. The summed E-state index contributed by atoms with van der Waals surface area (Å²) in [5, 5.41) is 0. The molecule has 1 atom stereocenters. The summed E-state index contributed by atoms with van der Waals surface area (Å²) >= 11 is 3.32. The third-order valence-electron chi connectivity index (χ3n) is 2.79. The molecular weight excluding hydrogens is 309 g/mol. The molecule has 0 aliphatic heterocycles. The van der Waals surface area contributed by atoms with Crippen LogP contribution in [0.15, 0.2) is 46.9 Å². The van der Waals surface area contributed by atoms with Crippen LogP contribution in [0.2, 0.25) is 0 Å². The fraction of sp³-hybridized carbons (Fsp3) is 0.200. The second kappa shape index (κ2) is 6.17. The van der Waals surface area contributed by atoms with Gasteiger partial charge in [-0.15, -0.1) is 0 Å². The van der Waals surface area contributed by atoms with E-state index in [1.165, 1.54) is 12.1 Å². The summed E-state index contributed by atoms with van der Waals surface area (Å²) in [5.74, 6) is 0.487. The van der Waals surface area contributed by atoms with Gasteiger partial charge < -0.3 is 10.5 Å². The molecule has 1 unspecified atom stereocenters. The molecule has 0 saturated heterocycles. The van der Waals surface area contributed by atoms with Gasteiger partial charge in [0.25, 0.3) is 0 Å². The van der Waals surface area contributed by atoms with Gasteiger partial charge in [0, 0.05) is 16.1 Å². The average molecular weight is 324 g/mol. The van der Waals surface area contributed by atoms with E-state index in [0.717, 1.165) is 16.9 Å². The normalized spacial score (nSPS) is 12.2. The number of halogens is 2. The minimum Gasteiger partial charge on any atom is -0.489 e. The standard InChI is InChI=1S/C15H15BrFNO/c1-10(18)11-3-2-4-14(7-11)19-9-12-5-6-13(17)8-15(12)16/h2-8,10H,9,18H2,1H3. The van der Waals surface area contributed by atoms with Crippen molar-refractivity contribution in [1.82, 2.24) is 0 Å². The molecule has 0 saturated carbocycles. The molecule has 0 bridgehead atoms. The highest BCUT2D eigenvalue weighted by Gasteiger charge is 2.04. The van der Waals surface area contributed by atoms with E-state index in [2.05, 4.69) is 15.9 Å². The lowest BCUT2D eigenvalue weighted by Gasteiger charge is -2.11. The van der Waals surface area contributed by atoms with Crippen LogP contribution < -0.4 is 10.5 Å². The Morgan fingerprint density at radius 2 is 2.05 bits per heavy atom. The van der Waals surface area contributed by atoms with E-state index < -0.39 is 0 Å². The van der Waals surface area contributed by atoms with Crippen molar-refractivity contribution in [3.05, 3.63) is 63.9 Å². The van der Waals surface area contributed by atoms with E-state index in [9.17, 15) is 4.39 Å². The minimum atomic E-state index is -0.269. The lowest BCUT2D eigenvalue weighted by molar-refractivity contribution is 0.305. The van der Waals surface area contributed by atoms with Gasteiger partial charge in [0.2, 0.25) is 0 Å². The first-order valence-corrected chi connectivity index (χ1v) is 6.78. The van der Waals surface area contributed by atoms with Gasteiger partial charge in [-0.1, -0.05) is 34.1 Å². The maximum Gasteiger partial charge on any atom is 0.124 e. The number of hydrogen-bond acceptors (Lipinski definition) is 2. The summed E-state index contributed by atoms with van der Waals surface area (Å²) in [6, 6.07) is 12.2. The molecule has 2 nitrogen and oxygen atoms in total. The predicted molar refractivity (Wildman–Crippen MR) is 77.5 cm³/mol. The molecule has 19 heavy (non-hydrogen) atoms. The first-order valence-electron chi connectivity index (χ1n) is 5.98. The van der Waals surface area contributed by atoms with E-state index in [0.29, 0.717) is 11.1 Å². The molecule has 0 aromatic heterocycles. The third-order valence-corrected chi connectivity index (χ3v) is 3.53. The van der Waals surface area contributed by atoms with Crippen molar-refractivity contribution in [2.75, 3.05) is 0 Å². The number of nitrogens with two attached hydrogens (primary N) is 1. The maximum atomic E-state index is 13.0. The molecule has 2 aromatic carbocycles. The Morgan fingerprint density at radius 3 is 2.74 bits per heavy atom. The summed E-state index contributed by atoms with van der Waals surface area (Å²) in [6.45, 7) is 2.30. The van der Waals surface area contributed by atoms with Crippen molar-refractivity contribution in [2.24, 2.45) is 5.73 Å². The molecule has 0 aliphatic rings. The summed E-state index contributed by atoms with van der Waals surface area (Å²) in [5.41, 5.74) is 7.75. The van der Waals surface area contributed by atoms with Gasteiger partial charge in [-0.3, -0.25) is 0 Å². The summed E-state index contributed by atoms with van der Waals surface area (Å²) in [4.78, 5) is 0. The monoisotopic (exact) mass is 323 g/mol. The SMILES string of the molecule is CC(N)c1cccc(OCc2ccc(F)cc2Br)c1. The minimum absolute atomic E-state index is 0.0268. The second-order valence-corrected chi connectivity index (χ2v) is 5.24. The van der Waals surface area contributed by atoms with Crippen LogP contribution in [-0.2, 0) is 6.61 Å². The largest absolute Gasteiger partial charge is 0.489 e. The Kier molecular flexibility index (Phi) is 4.56. The topological polar surface area (TPSA) is 35.2 Å². The highest BCUT2D eigenvalue weighted by atomic mass is 79.9. The zero-order valence-corrected chi connectivity index (χ0v) is 12.2. The number of ether oxygens (including phenoxy) is 1. The molecule has 0 fully saturated rings. The van der Waals surface area contributed by atoms with Crippen LogP contribution >= 0.6 is 15.9 Å². The van der Waals surface area contributed by atoms with Crippen LogP contribution in [-0.4, -0.2) is 0 Å². The van der Waals surface area contributed by atoms with E-state index in [1.807, 2.05) is 31.2 Å².